The standard InChI is InChI=1S/C44H58N2O11S2/c1-42(2,3)57-41(47)56-40-30(16-22-38-43(4,5)34-28-32(54-8)18-20-36(34)45(38)24-10-12-26-58(48,49)50)14-15-31(40)17-23-39-44(6,7)35-29-33(55-9)19-21-37(35)46(39)25-11-13-27-59(51,52)53/h16-23,28-29H,10-15,24-27H2,1-9H3,(H-,48,49,50,51,52,53)/p+1. The molecule has 59 heavy (non-hydrogen) atoms. The van der Waals surface area contributed by atoms with Crippen molar-refractivity contribution in [1.82, 2.24) is 0 Å². The smallest absolute Gasteiger partial charge is 0.497 e. The van der Waals surface area contributed by atoms with Gasteiger partial charge in [0, 0.05) is 47.5 Å². The van der Waals surface area contributed by atoms with Gasteiger partial charge in [-0.05, 0) is 126 Å². The maximum absolute atomic E-state index is 13.3. The lowest BCUT2D eigenvalue weighted by molar-refractivity contribution is -0.438. The lowest BCUT2D eigenvalue weighted by Gasteiger charge is -2.27. The number of hydrogen-bond acceptors (Lipinski definition) is 10. The molecule has 0 radical (unpaired) electrons. The van der Waals surface area contributed by atoms with Crippen LogP contribution in [0.2, 0.25) is 0 Å². The largest absolute Gasteiger partial charge is 0.514 e. The molecule has 5 rings (SSSR count). The van der Waals surface area contributed by atoms with E-state index in [4.69, 9.17) is 18.9 Å². The number of carbonyl (C=O) groups excluding carboxylic acids is 1. The fraction of sp³-hybridized carbons (Fsp3) is 0.500. The summed E-state index contributed by atoms with van der Waals surface area (Å²) in [6, 6.07) is 11.8. The molecule has 0 amide bonds. The number of benzene rings is 2. The number of unbranched alkanes of at least 4 members (excludes halogenated alkanes) is 2. The monoisotopic (exact) mass is 855 g/mol. The van der Waals surface area contributed by atoms with Crippen LogP contribution in [0.4, 0.5) is 16.2 Å². The topological polar surface area (TPSA) is 169 Å². The Morgan fingerprint density at radius 2 is 1.42 bits per heavy atom. The molecule has 2 aliphatic heterocycles. The summed E-state index contributed by atoms with van der Waals surface area (Å²) in [6.45, 7) is 14.8. The van der Waals surface area contributed by atoms with Crippen LogP contribution in [0.25, 0.3) is 0 Å². The number of rotatable bonds is 16. The van der Waals surface area contributed by atoms with E-state index in [2.05, 4.69) is 37.2 Å². The van der Waals surface area contributed by atoms with Gasteiger partial charge in [-0.15, -0.1) is 0 Å². The van der Waals surface area contributed by atoms with E-state index in [0.29, 0.717) is 68.9 Å². The van der Waals surface area contributed by atoms with E-state index < -0.39 is 42.8 Å². The first-order valence-electron chi connectivity index (χ1n) is 19.9. The van der Waals surface area contributed by atoms with Crippen LogP contribution < -0.4 is 14.4 Å². The van der Waals surface area contributed by atoms with Gasteiger partial charge in [-0.3, -0.25) is 9.11 Å². The molecule has 0 fully saturated rings. The Hall–Kier alpha value is -4.44. The second-order valence-electron chi connectivity index (χ2n) is 17.2. The van der Waals surface area contributed by atoms with E-state index in [9.17, 15) is 30.7 Å². The van der Waals surface area contributed by atoms with Gasteiger partial charge in [-0.25, -0.2) is 4.79 Å². The molecule has 2 heterocycles. The van der Waals surface area contributed by atoms with Crippen LogP contribution in [0, 0.1) is 0 Å². The number of anilines is 1. The summed E-state index contributed by atoms with van der Waals surface area (Å²) < 4.78 is 89.5. The maximum atomic E-state index is 13.3. The molecule has 3 aliphatic rings. The molecule has 2 N–H and O–H groups in total. The van der Waals surface area contributed by atoms with Crippen LogP contribution in [0.1, 0.15) is 98.1 Å². The van der Waals surface area contributed by atoms with Gasteiger partial charge in [-0.2, -0.15) is 21.4 Å². The van der Waals surface area contributed by atoms with Crippen molar-refractivity contribution < 1.29 is 54.3 Å². The van der Waals surface area contributed by atoms with Crippen molar-refractivity contribution in [2.24, 2.45) is 0 Å². The Morgan fingerprint density at radius 3 is 2.03 bits per heavy atom. The molecule has 13 nitrogen and oxygen atoms in total. The molecular weight excluding hydrogens is 797 g/mol. The summed E-state index contributed by atoms with van der Waals surface area (Å²) in [6.07, 6.45) is 9.95. The first kappa shape index (κ1) is 45.6. The van der Waals surface area contributed by atoms with Gasteiger partial charge in [0.15, 0.2) is 5.71 Å². The molecule has 0 aromatic heterocycles. The molecule has 0 unspecified atom stereocenters. The number of nitrogens with zero attached hydrogens (tertiary/aromatic N) is 2. The predicted octanol–water partition coefficient (Wildman–Crippen LogP) is 8.58. The number of carbonyl (C=O) groups is 1. The number of ether oxygens (including phenoxy) is 4. The second-order valence-corrected chi connectivity index (χ2v) is 20.3. The van der Waals surface area contributed by atoms with E-state index in [-0.39, 0.29) is 11.5 Å². The van der Waals surface area contributed by atoms with Crippen LogP contribution in [-0.4, -0.2) is 86.8 Å². The van der Waals surface area contributed by atoms with Crippen LogP contribution in [0.3, 0.4) is 0 Å². The normalized spacial score (nSPS) is 18.9. The third kappa shape index (κ3) is 11.0. The van der Waals surface area contributed by atoms with Crippen molar-refractivity contribution in [1.29, 1.82) is 0 Å². The van der Waals surface area contributed by atoms with Crippen molar-refractivity contribution >= 4 is 43.5 Å². The van der Waals surface area contributed by atoms with Gasteiger partial charge in [-0.1, -0.05) is 19.9 Å². The minimum Gasteiger partial charge on any atom is -0.497 e. The lowest BCUT2D eigenvalue weighted by Crippen LogP contribution is -2.28. The Labute approximate surface area is 349 Å². The zero-order valence-corrected chi connectivity index (χ0v) is 37.3. The van der Waals surface area contributed by atoms with Gasteiger partial charge < -0.3 is 23.8 Å². The molecule has 2 aromatic carbocycles. The third-order valence-electron chi connectivity index (χ3n) is 11.0. The molecule has 322 valence electrons. The van der Waals surface area contributed by atoms with Crippen molar-refractivity contribution in [2.75, 3.05) is 43.7 Å². The Bertz CT molecular complexity index is 2330. The first-order valence-corrected chi connectivity index (χ1v) is 23.1. The van der Waals surface area contributed by atoms with E-state index in [1.54, 1.807) is 35.0 Å². The average molecular weight is 856 g/mol. The van der Waals surface area contributed by atoms with E-state index in [1.165, 1.54) is 0 Å². The Morgan fingerprint density at radius 1 is 0.814 bits per heavy atom. The average Bonchev–Trinajstić information content (AvgIpc) is 3.68. The maximum Gasteiger partial charge on any atom is 0.514 e. The SMILES string of the molecule is COc1ccc2c(c1)C(C)(C)C(/C=C/C1=C(OC(=O)OC(C)(C)C)C(=C/C=C3/N(CCCCS(=O)(=O)O)c4ccc(OC)cc4C3(C)C)/CC1)=[N+]2CCCCS(=O)(=O)O. The number of hydrogen-bond donors (Lipinski definition) is 2. The molecule has 0 saturated carbocycles. The molecular formula is C44H59N2O11S2+. The van der Waals surface area contributed by atoms with Crippen LogP contribution in [0.5, 0.6) is 11.5 Å². The second kappa shape index (κ2) is 17.6. The Kier molecular flexibility index (Phi) is 13.7. The van der Waals surface area contributed by atoms with E-state index in [0.717, 1.165) is 45.1 Å². The first-order chi connectivity index (χ1) is 27.4. The minimum absolute atomic E-state index is 0.290. The quantitative estimate of drug-likeness (QED) is 0.0715. The highest BCUT2D eigenvalue weighted by Gasteiger charge is 2.45. The zero-order chi connectivity index (χ0) is 43.6. The Balaban J connectivity index is 1.57. The van der Waals surface area contributed by atoms with Gasteiger partial charge >= 0.3 is 6.16 Å². The summed E-state index contributed by atoms with van der Waals surface area (Å²) in [7, 11) is -4.93. The highest BCUT2D eigenvalue weighted by Crippen LogP contribution is 2.49. The number of methoxy groups -OCH3 is 2. The van der Waals surface area contributed by atoms with Crippen LogP contribution >= 0.6 is 0 Å². The van der Waals surface area contributed by atoms with Crippen molar-refractivity contribution in [3.05, 3.63) is 94.4 Å². The van der Waals surface area contributed by atoms with Crippen LogP contribution in [0.15, 0.2) is 83.3 Å². The summed E-state index contributed by atoms with van der Waals surface area (Å²) in [5.41, 5.74) is 5.80. The molecule has 0 bridgehead atoms. The highest BCUT2D eigenvalue weighted by molar-refractivity contribution is 7.86. The zero-order valence-electron chi connectivity index (χ0n) is 35.6. The number of fused-ring (bicyclic) bond motifs is 2. The molecule has 0 spiro atoms. The third-order valence-corrected chi connectivity index (χ3v) is 12.6. The minimum atomic E-state index is -4.09. The molecule has 1 aliphatic carbocycles. The molecule has 0 atom stereocenters. The van der Waals surface area contributed by atoms with Gasteiger partial charge in [0.2, 0.25) is 5.69 Å². The number of allylic oxidation sites excluding steroid dienone is 7. The summed E-state index contributed by atoms with van der Waals surface area (Å²) in [4.78, 5) is 15.4. The predicted molar refractivity (Wildman–Crippen MR) is 229 cm³/mol. The van der Waals surface area contributed by atoms with E-state index >= 15 is 0 Å². The van der Waals surface area contributed by atoms with Gasteiger partial charge in [0.05, 0.1) is 31.1 Å². The molecule has 0 saturated heterocycles. The van der Waals surface area contributed by atoms with Gasteiger partial charge in [0.1, 0.15) is 29.4 Å². The lowest BCUT2D eigenvalue weighted by atomic mass is 9.81. The fourth-order valence-electron chi connectivity index (χ4n) is 8.02. The molecule has 15 heteroatoms. The van der Waals surface area contributed by atoms with Crippen molar-refractivity contribution in [2.45, 2.75) is 103 Å². The highest BCUT2D eigenvalue weighted by atomic mass is 32.2. The summed E-state index contributed by atoms with van der Waals surface area (Å²) >= 11 is 0. The summed E-state index contributed by atoms with van der Waals surface area (Å²) in [5, 5.41) is 0. The van der Waals surface area contributed by atoms with Crippen LogP contribution in [-0.2, 0) is 40.5 Å². The van der Waals surface area contributed by atoms with E-state index in [1.807, 2.05) is 60.7 Å². The molecule has 2 aromatic rings. The van der Waals surface area contributed by atoms with Gasteiger partial charge in [0.25, 0.3) is 20.2 Å². The fourth-order valence-corrected chi connectivity index (χ4v) is 9.16. The van der Waals surface area contributed by atoms with Crippen molar-refractivity contribution in [3.63, 3.8) is 0 Å². The van der Waals surface area contributed by atoms with Crippen molar-refractivity contribution in [3.8, 4) is 11.5 Å². The summed E-state index contributed by atoms with van der Waals surface area (Å²) in [5.74, 6) is 1.19.